The van der Waals surface area contributed by atoms with Crippen molar-refractivity contribution in [1.29, 1.82) is 0 Å². The number of para-hydroxylation sites is 1. The molecule has 0 aliphatic heterocycles. The lowest BCUT2D eigenvalue weighted by molar-refractivity contribution is 0.166. The SMILES string of the molecule is COc1cccc(OC)c1-n1c(NS(=O)(=O)C(C)C(O)c2ncc(C)cn2)nnc1-c1ccc(C)o1. The smallest absolute Gasteiger partial charge is 0.243 e. The molecule has 0 aliphatic rings. The Morgan fingerprint density at radius 1 is 1.03 bits per heavy atom. The van der Waals surface area contributed by atoms with Crippen LogP contribution in [-0.4, -0.2) is 57.7 Å². The quantitative estimate of drug-likeness (QED) is 0.341. The third kappa shape index (κ3) is 4.75. The summed E-state index contributed by atoms with van der Waals surface area (Å²) in [5.74, 6) is 1.76. The highest BCUT2D eigenvalue weighted by Gasteiger charge is 2.34. The summed E-state index contributed by atoms with van der Waals surface area (Å²) in [5.41, 5.74) is 1.13. The number of ether oxygens (including phenoxy) is 2. The number of aliphatic hydroxyl groups is 1. The van der Waals surface area contributed by atoms with Gasteiger partial charge in [-0.25, -0.2) is 18.4 Å². The summed E-state index contributed by atoms with van der Waals surface area (Å²) in [6.45, 7) is 4.90. The topological polar surface area (TPSA) is 154 Å². The molecule has 2 N–H and O–H groups in total. The van der Waals surface area contributed by atoms with Crippen LogP contribution in [0.25, 0.3) is 17.3 Å². The molecule has 4 rings (SSSR count). The second kappa shape index (κ2) is 9.95. The Morgan fingerprint density at radius 3 is 2.22 bits per heavy atom. The summed E-state index contributed by atoms with van der Waals surface area (Å²) in [6.07, 6.45) is 1.51. The third-order valence-corrected chi connectivity index (χ3v) is 7.19. The summed E-state index contributed by atoms with van der Waals surface area (Å²) < 4.78 is 47.3. The molecule has 0 bridgehead atoms. The average Bonchev–Trinajstić information content (AvgIpc) is 3.48. The Hall–Kier alpha value is -3.97. The highest BCUT2D eigenvalue weighted by Crippen LogP contribution is 2.38. The Kier molecular flexibility index (Phi) is 6.95. The van der Waals surface area contributed by atoms with Crippen LogP contribution in [0.3, 0.4) is 0 Å². The van der Waals surface area contributed by atoms with E-state index in [-0.39, 0.29) is 17.6 Å². The lowest BCUT2D eigenvalue weighted by Gasteiger charge is -2.20. The molecular weight excluding hydrogens is 488 g/mol. The highest BCUT2D eigenvalue weighted by molar-refractivity contribution is 7.93. The summed E-state index contributed by atoms with van der Waals surface area (Å²) >= 11 is 0. The first kappa shape index (κ1) is 25.1. The maximum absolute atomic E-state index is 13.3. The van der Waals surface area contributed by atoms with Crippen LogP contribution in [0.2, 0.25) is 0 Å². The van der Waals surface area contributed by atoms with Crippen molar-refractivity contribution in [3.63, 3.8) is 0 Å². The third-order valence-electron chi connectivity index (χ3n) is 5.48. The number of aliphatic hydroxyl groups excluding tert-OH is 1. The van der Waals surface area contributed by atoms with E-state index in [2.05, 4.69) is 24.9 Å². The van der Waals surface area contributed by atoms with Crippen LogP contribution >= 0.6 is 0 Å². The molecule has 3 aromatic heterocycles. The fraction of sp³-hybridized carbons (Fsp3) is 0.304. The lowest BCUT2D eigenvalue weighted by atomic mass is 10.2. The Morgan fingerprint density at radius 2 is 1.67 bits per heavy atom. The van der Waals surface area contributed by atoms with Crippen molar-refractivity contribution in [2.75, 3.05) is 18.9 Å². The first-order valence-corrected chi connectivity index (χ1v) is 12.4. The minimum absolute atomic E-state index is 0.0157. The van der Waals surface area contributed by atoms with Crippen molar-refractivity contribution in [2.24, 2.45) is 0 Å². The molecule has 0 amide bonds. The van der Waals surface area contributed by atoms with Gasteiger partial charge in [-0.15, -0.1) is 10.2 Å². The fourth-order valence-corrected chi connectivity index (χ4v) is 4.52. The van der Waals surface area contributed by atoms with Crippen molar-refractivity contribution in [3.05, 3.63) is 59.9 Å². The number of aryl methyl sites for hydroxylation is 2. The minimum atomic E-state index is -4.22. The van der Waals surface area contributed by atoms with Crippen LogP contribution in [-0.2, 0) is 10.0 Å². The molecule has 2 unspecified atom stereocenters. The van der Waals surface area contributed by atoms with E-state index in [1.165, 1.54) is 38.1 Å². The molecule has 0 saturated heterocycles. The number of methoxy groups -OCH3 is 2. The van der Waals surface area contributed by atoms with Crippen LogP contribution in [0.4, 0.5) is 5.95 Å². The van der Waals surface area contributed by atoms with E-state index >= 15 is 0 Å². The average molecular weight is 515 g/mol. The van der Waals surface area contributed by atoms with Crippen LogP contribution in [0.1, 0.15) is 30.2 Å². The summed E-state index contributed by atoms with van der Waals surface area (Å²) in [5, 5.41) is 17.6. The van der Waals surface area contributed by atoms with Gasteiger partial charge in [0.1, 0.15) is 34.3 Å². The molecular formula is C23H26N6O6S. The normalized spacial score (nSPS) is 13.3. The molecule has 0 aliphatic carbocycles. The molecule has 0 saturated carbocycles. The zero-order chi connectivity index (χ0) is 26.0. The number of nitrogens with zero attached hydrogens (tertiary/aromatic N) is 5. The van der Waals surface area contributed by atoms with Crippen molar-refractivity contribution in [3.8, 4) is 28.8 Å². The van der Waals surface area contributed by atoms with Crippen molar-refractivity contribution >= 4 is 16.0 Å². The Balaban J connectivity index is 1.81. The molecule has 12 nitrogen and oxygen atoms in total. The van der Waals surface area contributed by atoms with E-state index in [9.17, 15) is 13.5 Å². The van der Waals surface area contributed by atoms with E-state index < -0.39 is 21.4 Å². The Labute approximate surface area is 208 Å². The molecule has 0 fully saturated rings. The van der Waals surface area contributed by atoms with Crippen molar-refractivity contribution in [1.82, 2.24) is 24.7 Å². The van der Waals surface area contributed by atoms with Gasteiger partial charge in [0.25, 0.3) is 0 Å². The zero-order valence-electron chi connectivity index (χ0n) is 20.3. The molecule has 4 aromatic rings. The molecule has 1 aromatic carbocycles. The maximum atomic E-state index is 13.3. The first-order chi connectivity index (χ1) is 17.2. The molecule has 2 atom stereocenters. The number of rotatable bonds is 9. The number of nitrogens with one attached hydrogen (secondary N) is 1. The van der Waals surface area contributed by atoms with Crippen molar-refractivity contribution < 1.29 is 27.4 Å². The number of hydrogen-bond donors (Lipinski definition) is 2. The van der Waals surface area contributed by atoms with E-state index in [1.807, 2.05) is 0 Å². The van der Waals surface area contributed by atoms with Gasteiger partial charge in [-0.05, 0) is 50.6 Å². The molecule has 3 heterocycles. The predicted molar refractivity (Wildman–Crippen MR) is 131 cm³/mol. The fourth-order valence-electron chi connectivity index (χ4n) is 3.48. The molecule has 13 heteroatoms. The highest BCUT2D eigenvalue weighted by atomic mass is 32.2. The number of hydrogen-bond acceptors (Lipinski definition) is 10. The Bertz CT molecular complexity index is 1440. The largest absolute Gasteiger partial charge is 0.494 e. The predicted octanol–water partition coefficient (Wildman–Crippen LogP) is 2.82. The van der Waals surface area contributed by atoms with Gasteiger partial charge in [-0.3, -0.25) is 9.29 Å². The summed E-state index contributed by atoms with van der Waals surface area (Å²) in [4.78, 5) is 8.09. The van der Waals surface area contributed by atoms with Gasteiger partial charge in [-0.1, -0.05) is 6.07 Å². The standard InChI is InChI=1S/C23H26N6O6S/c1-13-11-24-21(25-12-13)20(30)15(3)36(31,32)28-23-27-26-22(18-10-9-14(2)35-18)29(23)19-16(33-4)7-6-8-17(19)34-5/h6-12,15,20,30H,1-5H3,(H,27,28). The van der Waals surface area contributed by atoms with E-state index in [4.69, 9.17) is 13.9 Å². The van der Waals surface area contributed by atoms with Crippen LogP contribution in [0.5, 0.6) is 11.5 Å². The summed E-state index contributed by atoms with van der Waals surface area (Å²) in [7, 11) is -1.27. The minimum Gasteiger partial charge on any atom is -0.494 e. The van der Waals surface area contributed by atoms with Gasteiger partial charge in [0.2, 0.25) is 21.8 Å². The van der Waals surface area contributed by atoms with Gasteiger partial charge in [0.05, 0.1) is 14.2 Å². The van der Waals surface area contributed by atoms with Crippen molar-refractivity contribution in [2.45, 2.75) is 32.1 Å². The number of furan rings is 1. The maximum Gasteiger partial charge on any atom is 0.243 e. The second-order valence-electron chi connectivity index (χ2n) is 8.02. The first-order valence-electron chi connectivity index (χ1n) is 10.9. The van der Waals surface area contributed by atoms with Crippen LogP contribution in [0, 0.1) is 13.8 Å². The van der Waals surface area contributed by atoms with E-state index in [1.54, 1.807) is 44.2 Å². The lowest BCUT2D eigenvalue weighted by Crippen LogP contribution is -2.32. The van der Waals surface area contributed by atoms with E-state index in [0.29, 0.717) is 28.7 Å². The monoisotopic (exact) mass is 514 g/mol. The number of benzene rings is 1. The molecule has 0 spiro atoms. The van der Waals surface area contributed by atoms with Gasteiger partial charge in [0, 0.05) is 12.4 Å². The zero-order valence-corrected chi connectivity index (χ0v) is 21.1. The van der Waals surface area contributed by atoms with Crippen LogP contribution < -0.4 is 14.2 Å². The van der Waals surface area contributed by atoms with Gasteiger partial charge in [-0.2, -0.15) is 0 Å². The molecule has 190 valence electrons. The van der Waals surface area contributed by atoms with Crippen LogP contribution in [0.15, 0.2) is 47.1 Å². The van der Waals surface area contributed by atoms with Gasteiger partial charge < -0.3 is 19.0 Å². The van der Waals surface area contributed by atoms with E-state index in [0.717, 1.165) is 5.56 Å². The number of anilines is 1. The number of sulfonamides is 1. The summed E-state index contributed by atoms with van der Waals surface area (Å²) in [6, 6.07) is 8.55. The molecule has 36 heavy (non-hydrogen) atoms. The van der Waals surface area contributed by atoms with Gasteiger partial charge in [0.15, 0.2) is 11.6 Å². The van der Waals surface area contributed by atoms with Gasteiger partial charge >= 0.3 is 0 Å². The number of aromatic nitrogens is 5. The second-order valence-corrected chi connectivity index (χ2v) is 10.1. The molecule has 0 radical (unpaired) electrons.